The predicted octanol–water partition coefficient (Wildman–Crippen LogP) is 3.87. The SMILES string of the molecule is CC(=O)[C@@H]1CC[C@@]2(O)[C@]1(C)[C@H](OC(=O)C=C(C)C(C)C)C[C@H]1[C@@]3(C)CC[C@H](O)CC3=CC[C@]12O. The highest BCUT2D eigenvalue weighted by Gasteiger charge is 2.77. The molecule has 4 aliphatic carbocycles. The third-order valence-electron chi connectivity index (χ3n) is 10.4. The fourth-order valence-corrected chi connectivity index (χ4v) is 7.96. The normalized spacial score (nSPS) is 46.3. The van der Waals surface area contributed by atoms with E-state index in [4.69, 9.17) is 4.74 Å². The quantitative estimate of drug-likeness (QED) is 0.325. The van der Waals surface area contributed by atoms with Crippen LogP contribution < -0.4 is 0 Å². The number of fused-ring (bicyclic) bond motifs is 5. The maximum absolute atomic E-state index is 13.0. The van der Waals surface area contributed by atoms with Gasteiger partial charge < -0.3 is 20.1 Å². The number of aliphatic hydroxyl groups is 3. The molecule has 0 aliphatic heterocycles. The summed E-state index contributed by atoms with van der Waals surface area (Å²) >= 11 is 0. The van der Waals surface area contributed by atoms with Crippen molar-refractivity contribution >= 4 is 11.8 Å². The first-order chi connectivity index (χ1) is 15.7. The van der Waals surface area contributed by atoms with Crippen molar-refractivity contribution in [2.45, 2.75) is 110 Å². The minimum absolute atomic E-state index is 0.0468. The molecule has 34 heavy (non-hydrogen) atoms. The Labute approximate surface area is 203 Å². The minimum atomic E-state index is -1.57. The second kappa shape index (κ2) is 8.28. The Morgan fingerprint density at radius 3 is 2.44 bits per heavy atom. The Hall–Kier alpha value is -1.50. The number of esters is 1. The smallest absolute Gasteiger partial charge is 0.330 e. The summed E-state index contributed by atoms with van der Waals surface area (Å²) in [5.74, 6) is -1.15. The lowest BCUT2D eigenvalue weighted by Crippen LogP contribution is -2.75. The summed E-state index contributed by atoms with van der Waals surface area (Å²) in [4.78, 5) is 25.8. The number of ether oxygens (including phenoxy) is 1. The van der Waals surface area contributed by atoms with Crippen LogP contribution in [0.15, 0.2) is 23.3 Å². The molecule has 4 aliphatic rings. The lowest BCUT2D eigenvalue weighted by Gasteiger charge is -2.66. The van der Waals surface area contributed by atoms with Gasteiger partial charge >= 0.3 is 5.97 Å². The molecule has 0 aromatic heterocycles. The zero-order chi connectivity index (χ0) is 25.3. The first kappa shape index (κ1) is 25.6. The highest BCUT2D eigenvalue weighted by molar-refractivity contribution is 5.83. The van der Waals surface area contributed by atoms with E-state index in [0.29, 0.717) is 32.1 Å². The number of Topliss-reactive ketones (excluding diaryl/α,β-unsaturated/α-hetero) is 1. The number of rotatable bonds is 4. The Kier molecular flexibility index (Phi) is 6.23. The van der Waals surface area contributed by atoms with Crippen LogP contribution >= 0.6 is 0 Å². The lowest BCUT2D eigenvalue weighted by molar-refractivity contribution is -0.299. The highest BCUT2D eigenvalue weighted by Crippen LogP contribution is 2.70. The summed E-state index contributed by atoms with van der Waals surface area (Å²) in [5.41, 5.74) is -2.47. The first-order valence-electron chi connectivity index (χ1n) is 12.9. The number of carbonyl (C=O) groups excluding carboxylic acids is 2. The van der Waals surface area contributed by atoms with Gasteiger partial charge in [-0.1, -0.05) is 44.9 Å². The van der Waals surface area contributed by atoms with E-state index in [0.717, 1.165) is 11.1 Å². The molecule has 3 saturated carbocycles. The largest absolute Gasteiger partial charge is 0.458 e. The van der Waals surface area contributed by atoms with Crippen LogP contribution in [0.3, 0.4) is 0 Å². The molecule has 0 unspecified atom stereocenters. The molecule has 0 aromatic carbocycles. The predicted molar refractivity (Wildman–Crippen MR) is 129 cm³/mol. The van der Waals surface area contributed by atoms with Crippen molar-refractivity contribution in [3.63, 3.8) is 0 Å². The fourth-order valence-electron chi connectivity index (χ4n) is 7.96. The van der Waals surface area contributed by atoms with E-state index in [2.05, 4.69) is 6.92 Å². The van der Waals surface area contributed by atoms with Gasteiger partial charge in [-0.25, -0.2) is 4.79 Å². The molecule has 8 atom stereocenters. The van der Waals surface area contributed by atoms with Crippen LogP contribution in [0.25, 0.3) is 0 Å². The van der Waals surface area contributed by atoms with Crippen LogP contribution in [0.4, 0.5) is 0 Å². The molecule has 3 N–H and O–H groups in total. The fraction of sp³-hybridized carbons (Fsp3) is 0.786. The van der Waals surface area contributed by atoms with Gasteiger partial charge in [0.2, 0.25) is 0 Å². The third-order valence-corrected chi connectivity index (χ3v) is 10.4. The molecule has 4 rings (SSSR count). The summed E-state index contributed by atoms with van der Waals surface area (Å²) in [7, 11) is 0. The Morgan fingerprint density at radius 1 is 1.15 bits per heavy atom. The van der Waals surface area contributed by atoms with Crippen LogP contribution in [0, 0.1) is 28.6 Å². The van der Waals surface area contributed by atoms with Crippen molar-refractivity contribution in [2.75, 3.05) is 0 Å². The van der Waals surface area contributed by atoms with Crippen molar-refractivity contribution in [3.8, 4) is 0 Å². The number of carbonyl (C=O) groups is 2. The average molecular weight is 475 g/mol. The summed E-state index contributed by atoms with van der Waals surface area (Å²) in [6, 6.07) is 0. The van der Waals surface area contributed by atoms with Crippen molar-refractivity contribution in [1.82, 2.24) is 0 Å². The van der Waals surface area contributed by atoms with E-state index >= 15 is 0 Å². The maximum atomic E-state index is 13.0. The van der Waals surface area contributed by atoms with Gasteiger partial charge in [0, 0.05) is 23.3 Å². The van der Waals surface area contributed by atoms with E-state index in [9.17, 15) is 24.9 Å². The number of hydrogen-bond donors (Lipinski definition) is 3. The van der Waals surface area contributed by atoms with E-state index in [1.807, 2.05) is 33.8 Å². The van der Waals surface area contributed by atoms with Gasteiger partial charge in [-0.3, -0.25) is 4.79 Å². The molecule has 6 heteroatoms. The summed E-state index contributed by atoms with van der Waals surface area (Å²) in [6.45, 7) is 11.4. The Morgan fingerprint density at radius 2 is 1.82 bits per heavy atom. The third kappa shape index (κ3) is 3.39. The van der Waals surface area contributed by atoms with E-state index < -0.39 is 46.1 Å². The second-order valence-electron chi connectivity index (χ2n) is 12.3. The van der Waals surface area contributed by atoms with Gasteiger partial charge in [-0.05, 0) is 70.1 Å². The topological polar surface area (TPSA) is 104 Å². The summed E-state index contributed by atoms with van der Waals surface area (Å²) in [5, 5.41) is 35.0. The second-order valence-corrected chi connectivity index (χ2v) is 12.3. The average Bonchev–Trinajstić information content (AvgIpc) is 3.04. The number of ketones is 1. The van der Waals surface area contributed by atoms with Gasteiger partial charge in [-0.15, -0.1) is 0 Å². The van der Waals surface area contributed by atoms with Gasteiger partial charge in [-0.2, -0.15) is 0 Å². The molecule has 6 nitrogen and oxygen atoms in total. The van der Waals surface area contributed by atoms with Crippen LogP contribution in [-0.4, -0.2) is 50.5 Å². The van der Waals surface area contributed by atoms with E-state index in [1.54, 1.807) is 0 Å². The van der Waals surface area contributed by atoms with Crippen LogP contribution in [0.1, 0.15) is 86.5 Å². The van der Waals surface area contributed by atoms with Crippen molar-refractivity contribution < 1.29 is 29.6 Å². The molecule has 0 amide bonds. The molecule has 0 saturated heterocycles. The Balaban J connectivity index is 1.81. The standard InChI is InChI=1S/C28H42O6/c1-16(2)17(3)13-24(31)34-23-15-22-25(5)10-8-20(30)14-19(25)7-11-27(22,32)28(33)12-9-21(18(4)29)26(23,28)6/h7,13,16,20-23,30,32-33H,8-12,14-15H2,1-6H3/t20-,21-,22-,23+,25-,26-,27-,28+/m0/s1. The van der Waals surface area contributed by atoms with Gasteiger partial charge in [0.25, 0.3) is 0 Å². The van der Waals surface area contributed by atoms with Gasteiger partial charge in [0.05, 0.1) is 6.10 Å². The molecular formula is C28H42O6. The monoisotopic (exact) mass is 474 g/mol. The van der Waals surface area contributed by atoms with Crippen LogP contribution in [0.2, 0.25) is 0 Å². The number of hydrogen-bond acceptors (Lipinski definition) is 6. The van der Waals surface area contributed by atoms with Crippen LogP contribution in [0.5, 0.6) is 0 Å². The summed E-state index contributed by atoms with van der Waals surface area (Å²) < 4.78 is 6.11. The molecule has 0 aromatic rings. The van der Waals surface area contributed by atoms with Gasteiger partial charge in [0.1, 0.15) is 23.1 Å². The Bertz CT molecular complexity index is 935. The molecule has 0 bridgehead atoms. The van der Waals surface area contributed by atoms with Gasteiger partial charge in [0.15, 0.2) is 0 Å². The van der Waals surface area contributed by atoms with Crippen molar-refractivity contribution in [2.24, 2.45) is 28.6 Å². The molecule has 3 fully saturated rings. The lowest BCUT2D eigenvalue weighted by atomic mass is 9.43. The first-order valence-corrected chi connectivity index (χ1v) is 12.9. The van der Waals surface area contributed by atoms with E-state index in [1.165, 1.54) is 13.0 Å². The number of allylic oxidation sites excluding steroid dienone is 1. The molecule has 0 heterocycles. The van der Waals surface area contributed by atoms with Crippen LogP contribution in [-0.2, 0) is 14.3 Å². The molecular weight excluding hydrogens is 432 g/mol. The zero-order valence-corrected chi connectivity index (χ0v) is 21.6. The van der Waals surface area contributed by atoms with Crippen molar-refractivity contribution in [3.05, 3.63) is 23.3 Å². The minimum Gasteiger partial charge on any atom is -0.458 e. The van der Waals surface area contributed by atoms with E-state index in [-0.39, 0.29) is 30.5 Å². The van der Waals surface area contributed by atoms with Crippen molar-refractivity contribution in [1.29, 1.82) is 0 Å². The molecule has 0 spiro atoms. The maximum Gasteiger partial charge on any atom is 0.330 e. The number of aliphatic hydroxyl groups excluding tert-OH is 1. The highest BCUT2D eigenvalue weighted by atomic mass is 16.5. The zero-order valence-electron chi connectivity index (χ0n) is 21.6. The molecule has 190 valence electrons. The molecule has 0 radical (unpaired) electrons. The summed E-state index contributed by atoms with van der Waals surface area (Å²) in [6.07, 6.45) is 5.72.